The smallest absolute Gasteiger partial charge is 0.228 e. The zero-order chi connectivity index (χ0) is 14.1. The first kappa shape index (κ1) is 13.2. The number of rotatable bonds is 3. The van der Waals surface area contributed by atoms with E-state index in [4.69, 9.17) is 5.73 Å². The standard InChI is InChI=1S/C16H15BrN2O/c17-14-7-6-11(18)8-15(14)19-16(20)13-9-12(13)10-4-2-1-3-5-10/h1-8,12-13H,9,18H2,(H,19,20). The summed E-state index contributed by atoms with van der Waals surface area (Å²) in [5.41, 5.74) is 8.34. The molecule has 0 aromatic heterocycles. The van der Waals surface area contributed by atoms with Crippen molar-refractivity contribution in [3.8, 4) is 0 Å². The van der Waals surface area contributed by atoms with Gasteiger partial charge in [-0.2, -0.15) is 0 Å². The van der Waals surface area contributed by atoms with Crippen LogP contribution >= 0.6 is 15.9 Å². The SMILES string of the molecule is Nc1ccc(Br)c(NC(=O)C2CC2c2ccccc2)c1. The lowest BCUT2D eigenvalue weighted by molar-refractivity contribution is -0.117. The molecule has 20 heavy (non-hydrogen) atoms. The molecule has 1 fully saturated rings. The van der Waals surface area contributed by atoms with Gasteiger partial charge in [-0.15, -0.1) is 0 Å². The van der Waals surface area contributed by atoms with Crippen LogP contribution in [0.4, 0.5) is 11.4 Å². The minimum Gasteiger partial charge on any atom is -0.399 e. The minimum atomic E-state index is 0.0603. The highest BCUT2D eigenvalue weighted by atomic mass is 79.9. The van der Waals surface area contributed by atoms with E-state index in [9.17, 15) is 4.79 Å². The van der Waals surface area contributed by atoms with Gasteiger partial charge in [-0.05, 0) is 52.0 Å². The topological polar surface area (TPSA) is 55.1 Å². The van der Waals surface area contributed by atoms with Crippen LogP contribution in [-0.4, -0.2) is 5.91 Å². The Morgan fingerprint density at radius 1 is 1.20 bits per heavy atom. The van der Waals surface area contributed by atoms with Crippen LogP contribution in [0, 0.1) is 5.92 Å². The molecule has 0 spiro atoms. The molecule has 1 aliphatic carbocycles. The van der Waals surface area contributed by atoms with Crippen molar-refractivity contribution in [2.75, 3.05) is 11.1 Å². The lowest BCUT2D eigenvalue weighted by atomic mass is 10.1. The van der Waals surface area contributed by atoms with E-state index < -0.39 is 0 Å². The monoisotopic (exact) mass is 330 g/mol. The van der Waals surface area contributed by atoms with E-state index in [1.807, 2.05) is 24.3 Å². The maximum atomic E-state index is 12.2. The number of hydrogen-bond acceptors (Lipinski definition) is 2. The molecule has 1 aliphatic rings. The molecule has 102 valence electrons. The number of benzene rings is 2. The average molecular weight is 331 g/mol. The molecule has 0 aliphatic heterocycles. The molecule has 3 N–H and O–H groups in total. The summed E-state index contributed by atoms with van der Waals surface area (Å²) < 4.78 is 0.844. The molecule has 1 amide bonds. The summed E-state index contributed by atoms with van der Waals surface area (Å²) >= 11 is 3.42. The predicted octanol–water partition coefficient (Wildman–Crippen LogP) is 3.77. The van der Waals surface area contributed by atoms with Gasteiger partial charge in [0.2, 0.25) is 5.91 Å². The molecule has 0 heterocycles. The van der Waals surface area contributed by atoms with E-state index in [2.05, 4.69) is 33.4 Å². The fraction of sp³-hybridized carbons (Fsp3) is 0.188. The highest BCUT2D eigenvalue weighted by Crippen LogP contribution is 2.48. The molecule has 3 rings (SSSR count). The zero-order valence-corrected chi connectivity index (χ0v) is 12.4. The largest absolute Gasteiger partial charge is 0.399 e. The van der Waals surface area contributed by atoms with Crippen molar-refractivity contribution in [2.24, 2.45) is 5.92 Å². The molecule has 2 aromatic rings. The van der Waals surface area contributed by atoms with Gasteiger partial charge in [0.15, 0.2) is 0 Å². The number of carbonyl (C=O) groups is 1. The molecule has 0 saturated heterocycles. The second-order valence-electron chi connectivity index (χ2n) is 5.09. The first-order valence-corrected chi connectivity index (χ1v) is 7.35. The predicted molar refractivity (Wildman–Crippen MR) is 84.5 cm³/mol. The van der Waals surface area contributed by atoms with Gasteiger partial charge in [-0.25, -0.2) is 0 Å². The van der Waals surface area contributed by atoms with Gasteiger partial charge < -0.3 is 11.1 Å². The third kappa shape index (κ3) is 2.70. The first-order valence-electron chi connectivity index (χ1n) is 6.56. The summed E-state index contributed by atoms with van der Waals surface area (Å²) in [7, 11) is 0. The molecule has 2 unspecified atom stereocenters. The van der Waals surface area contributed by atoms with E-state index in [1.165, 1.54) is 5.56 Å². The van der Waals surface area contributed by atoms with Crippen LogP contribution < -0.4 is 11.1 Å². The third-order valence-corrected chi connectivity index (χ3v) is 4.29. The van der Waals surface area contributed by atoms with Crippen molar-refractivity contribution in [3.05, 3.63) is 58.6 Å². The number of nitrogens with one attached hydrogen (secondary N) is 1. The van der Waals surface area contributed by atoms with Crippen LogP contribution in [0.3, 0.4) is 0 Å². The average Bonchev–Trinajstić information content (AvgIpc) is 3.24. The van der Waals surface area contributed by atoms with Crippen LogP contribution in [0.2, 0.25) is 0 Å². The summed E-state index contributed by atoms with van der Waals surface area (Å²) in [6, 6.07) is 15.6. The highest BCUT2D eigenvalue weighted by Gasteiger charge is 2.43. The third-order valence-electron chi connectivity index (χ3n) is 3.60. The van der Waals surface area contributed by atoms with Crippen LogP contribution in [0.5, 0.6) is 0 Å². The van der Waals surface area contributed by atoms with E-state index in [0.29, 0.717) is 11.6 Å². The Labute approximate surface area is 126 Å². The number of carbonyl (C=O) groups excluding carboxylic acids is 1. The summed E-state index contributed by atoms with van der Waals surface area (Å²) in [6.45, 7) is 0. The van der Waals surface area contributed by atoms with E-state index >= 15 is 0 Å². The van der Waals surface area contributed by atoms with E-state index in [-0.39, 0.29) is 11.8 Å². The quantitative estimate of drug-likeness (QED) is 0.841. The van der Waals surface area contributed by atoms with Gasteiger partial charge in [0, 0.05) is 16.1 Å². The molecule has 0 bridgehead atoms. The van der Waals surface area contributed by atoms with E-state index in [1.54, 1.807) is 12.1 Å². The van der Waals surface area contributed by atoms with Crippen molar-refractivity contribution in [2.45, 2.75) is 12.3 Å². The second-order valence-corrected chi connectivity index (χ2v) is 5.94. The van der Waals surface area contributed by atoms with Crippen LogP contribution in [0.15, 0.2) is 53.0 Å². The number of nitrogen functional groups attached to an aromatic ring is 1. The minimum absolute atomic E-state index is 0.0603. The summed E-state index contributed by atoms with van der Waals surface area (Å²) in [5.74, 6) is 0.465. The van der Waals surface area contributed by atoms with Gasteiger partial charge in [0.25, 0.3) is 0 Å². The Kier molecular flexibility index (Phi) is 3.49. The molecule has 4 heteroatoms. The normalized spacial score (nSPS) is 20.4. The van der Waals surface area contributed by atoms with Gasteiger partial charge in [-0.1, -0.05) is 30.3 Å². The molecule has 0 radical (unpaired) electrons. The number of nitrogens with two attached hydrogens (primary N) is 1. The van der Waals surface area contributed by atoms with Gasteiger partial charge in [0.1, 0.15) is 0 Å². The van der Waals surface area contributed by atoms with Crippen LogP contribution in [-0.2, 0) is 4.79 Å². The molecular weight excluding hydrogens is 316 g/mol. The molecule has 2 atom stereocenters. The van der Waals surface area contributed by atoms with E-state index in [0.717, 1.165) is 16.6 Å². The molecule has 2 aromatic carbocycles. The van der Waals surface area contributed by atoms with Crippen LogP contribution in [0.25, 0.3) is 0 Å². The van der Waals surface area contributed by atoms with Crippen LogP contribution in [0.1, 0.15) is 17.9 Å². The fourth-order valence-corrected chi connectivity index (χ4v) is 2.76. The summed E-state index contributed by atoms with van der Waals surface area (Å²) in [6.07, 6.45) is 0.912. The van der Waals surface area contributed by atoms with Crippen molar-refractivity contribution in [3.63, 3.8) is 0 Å². The van der Waals surface area contributed by atoms with Crippen molar-refractivity contribution in [1.82, 2.24) is 0 Å². The molecular formula is C16H15BrN2O. The Morgan fingerprint density at radius 2 is 1.95 bits per heavy atom. The number of amides is 1. The first-order chi connectivity index (χ1) is 9.65. The van der Waals surface area contributed by atoms with Gasteiger partial charge >= 0.3 is 0 Å². The summed E-state index contributed by atoms with van der Waals surface area (Å²) in [4.78, 5) is 12.2. The second kappa shape index (κ2) is 5.29. The highest BCUT2D eigenvalue weighted by molar-refractivity contribution is 9.10. The lowest BCUT2D eigenvalue weighted by Crippen LogP contribution is -2.15. The Balaban J connectivity index is 1.68. The maximum absolute atomic E-state index is 12.2. The molecule has 3 nitrogen and oxygen atoms in total. The maximum Gasteiger partial charge on any atom is 0.228 e. The number of hydrogen-bond donors (Lipinski definition) is 2. The number of halogens is 1. The molecule has 1 saturated carbocycles. The van der Waals surface area contributed by atoms with Gasteiger partial charge in [-0.3, -0.25) is 4.79 Å². The Hall–Kier alpha value is -1.81. The summed E-state index contributed by atoms with van der Waals surface area (Å²) in [5, 5.41) is 2.95. The van der Waals surface area contributed by atoms with Gasteiger partial charge in [0.05, 0.1) is 5.69 Å². The Bertz CT molecular complexity index is 642. The number of anilines is 2. The lowest BCUT2D eigenvalue weighted by Gasteiger charge is -2.08. The van der Waals surface area contributed by atoms with Crippen molar-refractivity contribution in [1.29, 1.82) is 0 Å². The van der Waals surface area contributed by atoms with Crippen molar-refractivity contribution >= 4 is 33.2 Å². The van der Waals surface area contributed by atoms with Crippen molar-refractivity contribution < 1.29 is 4.79 Å². The Morgan fingerprint density at radius 3 is 2.70 bits per heavy atom. The fourth-order valence-electron chi connectivity index (χ4n) is 2.42. The zero-order valence-electron chi connectivity index (χ0n) is 10.8.